The van der Waals surface area contributed by atoms with Gasteiger partial charge in [-0.05, 0) is 43.4 Å². The lowest BCUT2D eigenvalue weighted by Gasteiger charge is -2.28. The molecule has 0 spiro atoms. The van der Waals surface area contributed by atoms with Crippen LogP contribution in [0, 0.1) is 5.92 Å². The first-order valence-corrected chi connectivity index (χ1v) is 7.83. The molecule has 0 aliphatic carbocycles. The molecule has 1 saturated heterocycles. The van der Waals surface area contributed by atoms with Crippen LogP contribution in [-0.4, -0.2) is 25.2 Å². The van der Waals surface area contributed by atoms with Crippen LogP contribution >= 0.6 is 35.6 Å². The zero-order chi connectivity index (χ0) is 15.4. The van der Waals surface area contributed by atoms with E-state index in [9.17, 15) is 4.79 Å². The number of halogens is 3. The van der Waals surface area contributed by atoms with Crippen LogP contribution in [0.15, 0.2) is 18.2 Å². The molecule has 2 rings (SSSR count). The first kappa shape index (κ1) is 19.5. The van der Waals surface area contributed by atoms with Crippen LogP contribution in [-0.2, 0) is 9.53 Å². The summed E-state index contributed by atoms with van der Waals surface area (Å²) in [7, 11) is 0. The van der Waals surface area contributed by atoms with E-state index in [1.165, 1.54) is 0 Å². The van der Waals surface area contributed by atoms with Gasteiger partial charge >= 0.3 is 0 Å². The van der Waals surface area contributed by atoms with Gasteiger partial charge < -0.3 is 15.8 Å². The molecule has 1 heterocycles. The first-order valence-electron chi connectivity index (χ1n) is 7.07. The van der Waals surface area contributed by atoms with Gasteiger partial charge in [-0.25, -0.2) is 0 Å². The molecule has 124 valence electrons. The Bertz CT molecular complexity index is 508. The second kappa shape index (κ2) is 8.94. The number of nitrogens with two attached hydrogens (primary N) is 1. The summed E-state index contributed by atoms with van der Waals surface area (Å²) in [5.74, 6) is 0.0204. The Hall–Kier alpha value is -0.520. The van der Waals surface area contributed by atoms with Crippen molar-refractivity contribution in [3.8, 4) is 0 Å². The number of rotatable bonds is 4. The maximum atomic E-state index is 12.3. The molecular weight excluding hydrogens is 347 g/mol. The number of carbonyl (C=O) groups excluding carboxylic acids is 1. The Morgan fingerprint density at radius 3 is 2.59 bits per heavy atom. The van der Waals surface area contributed by atoms with Gasteiger partial charge in [0.05, 0.1) is 12.1 Å². The van der Waals surface area contributed by atoms with Gasteiger partial charge in [0.25, 0.3) is 0 Å². The van der Waals surface area contributed by atoms with Gasteiger partial charge in [0.2, 0.25) is 5.91 Å². The number of hydrogen-bond acceptors (Lipinski definition) is 3. The predicted molar refractivity (Wildman–Crippen MR) is 91.8 cm³/mol. The lowest BCUT2D eigenvalue weighted by atomic mass is 9.91. The minimum atomic E-state index is -0.512. The second-order valence-electron chi connectivity index (χ2n) is 5.37. The summed E-state index contributed by atoms with van der Waals surface area (Å²) in [6.45, 7) is 3.22. The van der Waals surface area contributed by atoms with Crippen molar-refractivity contribution >= 4 is 41.5 Å². The molecule has 3 N–H and O–H groups in total. The van der Waals surface area contributed by atoms with Crippen molar-refractivity contribution in [2.24, 2.45) is 11.7 Å². The van der Waals surface area contributed by atoms with E-state index >= 15 is 0 Å². The molecule has 2 atom stereocenters. The molecule has 0 saturated carbocycles. The number of hydrogen-bond donors (Lipinski definition) is 2. The summed E-state index contributed by atoms with van der Waals surface area (Å²) >= 11 is 12.0. The maximum Gasteiger partial charge on any atom is 0.237 e. The fourth-order valence-electron chi connectivity index (χ4n) is 2.53. The van der Waals surface area contributed by atoms with Crippen molar-refractivity contribution in [3.63, 3.8) is 0 Å². The smallest absolute Gasteiger partial charge is 0.237 e. The van der Waals surface area contributed by atoms with Gasteiger partial charge in [0.1, 0.15) is 0 Å². The monoisotopic (exact) mass is 366 g/mol. The zero-order valence-corrected chi connectivity index (χ0v) is 14.7. The van der Waals surface area contributed by atoms with E-state index in [0.29, 0.717) is 23.3 Å². The Kier molecular flexibility index (Phi) is 7.94. The molecule has 4 nitrogen and oxygen atoms in total. The molecule has 7 heteroatoms. The van der Waals surface area contributed by atoms with Crippen LogP contribution in [0.3, 0.4) is 0 Å². The van der Waals surface area contributed by atoms with Crippen molar-refractivity contribution in [1.82, 2.24) is 5.32 Å². The highest BCUT2D eigenvalue weighted by Crippen LogP contribution is 2.26. The fourth-order valence-corrected chi connectivity index (χ4v) is 3.10. The van der Waals surface area contributed by atoms with E-state index in [0.717, 1.165) is 18.4 Å². The highest BCUT2D eigenvalue weighted by atomic mass is 35.5. The van der Waals surface area contributed by atoms with E-state index in [1.54, 1.807) is 12.1 Å². The number of ether oxygens (including phenoxy) is 1. The van der Waals surface area contributed by atoms with Crippen LogP contribution in [0.1, 0.15) is 31.4 Å². The summed E-state index contributed by atoms with van der Waals surface area (Å²) in [5.41, 5.74) is 6.89. The van der Waals surface area contributed by atoms with Gasteiger partial charge in [-0.3, -0.25) is 4.79 Å². The van der Waals surface area contributed by atoms with Crippen LogP contribution in [0.25, 0.3) is 0 Å². The Balaban J connectivity index is 0.00000242. The molecule has 0 radical (unpaired) electrons. The molecular formula is C15H21Cl3N2O2. The summed E-state index contributed by atoms with van der Waals surface area (Å²) in [6, 6.07) is 4.51. The van der Waals surface area contributed by atoms with Crippen LogP contribution in [0.2, 0.25) is 10.0 Å². The molecule has 1 fully saturated rings. The van der Waals surface area contributed by atoms with Crippen molar-refractivity contribution in [1.29, 1.82) is 0 Å². The van der Waals surface area contributed by atoms with Gasteiger partial charge in [-0.15, -0.1) is 12.4 Å². The molecule has 1 aromatic carbocycles. The fraction of sp³-hybridized carbons (Fsp3) is 0.533. The van der Waals surface area contributed by atoms with E-state index in [4.69, 9.17) is 33.7 Å². The number of benzene rings is 1. The van der Waals surface area contributed by atoms with Crippen LogP contribution < -0.4 is 11.1 Å². The zero-order valence-electron chi connectivity index (χ0n) is 12.4. The Labute approximate surface area is 147 Å². The van der Waals surface area contributed by atoms with Crippen molar-refractivity contribution in [3.05, 3.63) is 33.8 Å². The number of amides is 1. The molecule has 0 bridgehead atoms. The molecule has 1 aliphatic heterocycles. The highest BCUT2D eigenvalue weighted by molar-refractivity contribution is 6.35. The predicted octanol–water partition coefficient (Wildman–Crippen LogP) is 3.35. The van der Waals surface area contributed by atoms with Crippen molar-refractivity contribution in [2.75, 3.05) is 13.2 Å². The molecule has 1 aromatic rings. The Morgan fingerprint density at radius 2 is 2.00 bits per heavy atom. The Morgan fingerprint density at radius 1 is 1.36 bits per heavy atom. The topological polar surface area (TPSA) is 64.4 Å². The van der Waals surface area contributed by atoms with E-state index in [1.807, 2.05) is 13.0 Å². The average Bonchev–Trinajstić information content (AvgIpc) is 2.47. The number of carbonyl (C=O) groups is 1. The summed E-state index contributed by atoms with van der Waals surface area (Å²) in [6.07, 6.45) is 1.65. The normalized spacial score (nSPS) is 18.2. The highest BCUT2D eigenvalue weighted by Gasteiger charge is 2.27. The van der Waals surface area contributed by atoms with Crippen molar-refractivity contribution < 1.29 is 9.53 Å². The lowest BCUT2D eigenvalue weighted by Crippen LogP contribution is -2.47. The van der Waals surface area contributed by atoms with E-state index < -0.39 is 6.04 Å². The third-order valence-corrected chi connectivity index (χ3v) is 4.43. The quantitative estimate of drug-likeness (QED) is 0.858. The third kappa shape index (κ3) is 5.00. The summed E-state index contributed by atoms with van der Waals surface area (Å²) < 4.78 is 5.29. The second-order valence-corrected chi connectivity index (χ2v) is 6.22. The van der Waals surface area contributed by atoms with Gasteiger partial charge in [0.15, 0.2) is 0 Å². The van der Waals surface area contributed by atoms with Crippen LogP contribution in [0.4, 0.5) is 0 Å². The minimum Gasteiger partial charge on any atom is -0.381 e. The average molecular weight is 368 g/mol. The largest absolute Gasteiger partial charge is 0.381 e. The summed E-state index contributed by atoms with van der Waals surface area (Å²) in [5, 5.41) is 4.03. The standard InChI is InChI=1S/C15H20Cl2N2O2.ClH/c1-9(12-3-2-11(16)8-13(12)17)19-15(20)14(18)10-4-6-21-7-5-10;/h2-3,8-10,14H,4-7,18H2,1H3,(H,19,20);1H. The number of nitrogens with one attached hydrogen (secondary N) is 1. The molecule has 0 aromatic heterocycles. The third-order valence-electron chi connectivity index (χ3n) is 3.86. The molecule has 1 aliphatic rings. The SMILES string of the molecule is CC(NC(=O)C(N)C1CCOCC1)c1ccc(Cl)cc1Cl.Cl. The molecule has 1 amide bonds. The van der Waals surface area contributed by atoms with E-state index in [2.05, 4.69) is 5.32 Å². The van der Waals surface area contributed by atoms with Gasteiger partial charge in [0, 0.05) is 23.3 Å². The van der Waals surface area contributed by atoms with Crippen LogP contribution in [0.5, 0.6) is 0 Å². The molecule has 22 heavy (non-hydrogen) atoms. The van der Waals surface area contributed by atoms with Gasteiger partial charge in [-0.2, -0.15) is 0 Å². The molecule has 2 unspecified atom stereocenters. The summed E-state index contributed by atoms with van der Waals surface area (Å²) in [4.78, 5) is 12.3. The van der Waals surface area contributed by atoms with Gasteiger partial charge in [-0.1, -0.05) is 29.3 Å². The lowest BCUT2D eigenvalue weighted by molar-refractivity contribution is -0.125. The first-order chi connectivity index (χ1) is 9.99. The minimum absolute atomic E-state index is 0. The van der Waals surface area contributed by atoms with Crippen molar-refractivity contribution in [2.45, 2.75) is 31.8 Å². The maximum absolute atomic E-state index is 12.3. The van der Waals surface area contributed by atoms with E-state index in [-0.39, 0.29) is 30.3 Å².